The third-order valence-electron chi connectivity index (χ3n) is 4.87. The van der Waals surface area contributed by atoms with E-state index in [1.807, 2.05) is 23.5 Å². The lowest BCUT2D eigenvalue weighted by Crippen LogP contribution is -2.54. The van der Waals surface area contributed by atoms with Crippen molar-refractivity contribution >= 4 is 17.6 Å². The number of likely N-dealkylation sites (N-methyl/N-ethyl adjacent to an activating group) is 1. The average molecular weight is 489 g/mol. The molecule has 3 amide bonds. The molecule has 34 heavy (non-hydrogen) atoms. The van der Waals surface area contributed by atoms with Crippen LogP contribution in [-0.2, 0) is 23.7 Å². The lowest BCUT2D eigenvalue weighted by molar-refractivity contribution is -0.143. The molecule has 5 nitrogen and oxygen atoms in total. The molecular weight excluding hydrogens is 464 g/mol. The van der Waals surface area contributed by atoms with E-state index in [9.17, 15) is 35.9 Å². The van der Waals surface area contributed by atoms with E-state index in [2.05, 4.69) is 5.32 Å². The first-order chi connectivity index (χ1) is 15.5. The van der Waals surface area contributed by atoms with Gasteiger partial charge in [-0.05, 0) is 29.2 Å². The number of rotatable bonds is 5. The molecule has 2 N–H and O–H groups in total. The molecule has 2 rings (SSSR count). The van der Waals surface area contributed by atoms with Gasteiger partial charge in [0.2, 0.25) is 5.91 Å². The maximum absolute atomic E-state index is 13.1. The zero-order chi connectivity index (χ0) is 25.9. The lowest BCUT2D eigenvalue weighted by atomic mass is 9.86. The number of alkyl halides is 6. The Morgan fingerprint density at radius 2 is 1.38 bits per heavy atom. The summed E-state index contributed by atoms with van der Waals surface area (Å²) in [7, 11) is 1.52. The normalized spacial score (nSPS) is 13.2. The van der Waals surface area contributed by atoms with Crippen molar-refractivity contribution in [1.82, 2.24) is 10.2 Å². The van der Waals surface area contributed by atoms with Crippen LogP contribution in [-0.4, -0.2) is 29.9 Å². The van der Waals surface area contributed by atoms with Gasteiger partial charge in [0.15, 0.2) is 0 Å². The summed E-state index contributed by atoms with van der Waals surface area (Å²) >= 11 is 0. The minimum absolute atomic E-state index is 0.0386. The molecule has 11 heteroatoms. The quantitative estimate of drug-likeness (QED) is 0.513. The Labute approximate surface area is 193 Å². The number of anilines is 1. The van der Waals surface area contributed by atoms with Crippen molar-refractivity contribution < 1.29 is 35.9 Å². The summed E-state index contributed by atoms with van der Waals surface area (Å²) in [6, 6.07) is 7.53. The van der Waals surface area contributed by atoms with Crippen LogP contribution in [0.4, 0.5) is 36.8 Å². The second-order valence-corrected chi connectivity index (χ2v) is 8.87. The summed E-state index contributed by atoms with van der Waals surface area (Å²) in [4.78, 5) is 26.9. The molecule has 2 aromatic carbocycles. The maximum Gasteiger partial charge on any atom is 0.416 e. The van der Waals surface area contributed by atoms with Crippen LogP contribution in [0.3, 0.4) is 0 Å². The maximum atomic E-state index is 13.1. The molecular formula is C23H25F6N3O2. The number of halogens is 6. The highest BCUT2D eigenvalue weighted by Gasteiger charge is 2.38. The number of hydrogen-bond donors (Lipinski definition) is 2. The van der Waals surface area contributed by atoms with Crippen LogP contribution in [0.25, 0.3) is 0 Å². The van der Waals surface area contributed by atoms with Crippen LogP contribution in [0.5, 0.6) is 0 Å². The standard InChI is InChI=1S/C23H25F6N3O2/c1-21(2,3)18(19(33)32(4)13-14-8-6-5-7-9-14)31-20(34)30-17-11-15(22(24,25)26)10-16(12-17)23(27,28)29/h5-12,18H,13H2,1-4H3,(H2,30,31,34)/t18-/m1/s1. The van der Waals surface area contributed by atoms with Crippen LogP contribution < -0.4 is 10.6 Å². The Kier molecular flexibility index (Phi) is 7.90. The molecule has 0 unspecified atom stereocenters. The number of amides is 3. The predicted octanol–water partition coefficient (Wildman–Crippen LogP) is 5.92. The molecule has 0 radical (unpaired) electrons. The molecule has 0 spiro atoms. The highest BCUT2D eigenvalue weighted by molar-refractivity contribution is 5.94. The molecule has 1 atom stereocenters. The minimum atomic E-state index is -5.06. The molecule has 2 aromatic rings. The van der Waals surface area contributed by atoms with Gasteiger partial charge in [0.05, 0.1) is 11.1 Å². The van der Waals surface area contributed by atoms with E-state index >= 15 is 0 Å². The first-order valence-corrected chi connectivity index (χ1v) is 10.1. The van der Waals surface area contributed by atoms with Gasteiger partial charge in [0, 0.05) is 19.3 Å². The van der Waals surface area contributed by atoms with Crippen molar-refractivity contribution in [3.05, 3.63) is 65.2 Å². The van der Waals surface area contributed by atoms with Crippen molar-refractivity contribution in [2.24, 2.45) is 5.41 Å². The molecule has 0 aromatic heterocycles. The number of nitrogens with one attached hydrogen (secondary N) is 2. The second kappa shape index (κ2) is 9.94. The third kappa shape index (κ3) is 7.39. The fraction of sp³-hybridized carbons (Fsp3) is 0.391. The van der Waals surface area contributed by atoms with Gasteiger partial charge in [-0.1, -0.05) is 51.1 Å². The van der Waals surface area contributed by atoms with Gasteiger partial charge >= 0.3 is 18.4 Å². The van der Waals surface area contributed by atoms with E-state index < -0.39 is 52.6 Å². The fourth-order valence-electron chi connectivity index (χ4n) is 3.13. The highest BCUT2D eigenvalue weighted by atomic mass is 19.4. The number of carbonyl (C=O) groups excluding carboxylic acids is 2. The van der Waals surface area contributed by atoms with Crippen LogP contribution >= 0.6 is 0 Å². The number of carbonyl (C=O) groups is 2. The van der Waals surface area contributed by atoms with Gasteiger partial charge in [-0.3, -0.25) is 4.79 Å². The summed E-state index contributed by atoms with van der Waals surface area (Å²) in [6.07, 6.45) is -10.1. The van der Waals surface area contributed by atoms with E-state index in [1.165, 1.54) is 11.9 Å². The van der Waals surface area contributed by atoms with Crippen LogP contribution in [0, 0.1) is 5.41 Å². The number of nitrogens with zero attached hydrogens (tertiary/aromatic N) is 1. The van der Waals surface area contributed by atoms with Crippen LogP contribution in [0.15, 0.2) is 48.5 Å². The summed E-state index contributed by atoms with van der Waals surface area (Å²) in [5, 5.41) is 4.38. The van der Waals surface area contributed by atoms with E-state index in [0.717, 1.165) is 5.56 Å². The van der Waals surface area contributed by atoms with Gasteiger partial charge < -0.3 is 15.5 Å². The summed E-state index contributed by atoms with van der Waals surface area (Å²) in [5.74, 6) is -0.480. The van der Waals surface area contributed by atoms with E-state index in [-0.39, 0.29) is 12.6 Å². The molecule has 0 aliphatic heterocycles. The topological polar surface area (TPSA) is 61.4 Å². The zero-order valence-electron chi connectivity index (χ0n) is 18.9. The third-order valence-corrected chi connectivity index (χ3v) is 4.87. The first kappa shape index (κ1) is 27.0. The molecule has 0 heterocycles. The Hall–Kier alpha value is -3.24. The highest BCUT2D eigenvalue weighted by Crippen LogP contribution is 2.37. The smallest absolute Gasteiger partial charge is 0.340 e. The Morgan fingerprint density at radius 1 is 0.882 bits per heavy atom. The fourth-order valence-corrected chi connectivity index (χ4v) is 3.13. The molecule has 0 fully saturated rings. The van der Waals surface area contributed by atoms with Gasteiger partial charge in [0.25, 0.3) is 0 Å². The Balaban J connectivity index is 2.24. The van der Waals surface area contributed by atoms with Gasteiger partial charge in [-0.2, -0.15) is 26.3 Å². The average Bonchev–Trinajstić information content (AvgIpc) is 2.70. The SMILES string of the molecule is CN(Cc1ccccc1)C(=O)[C@@H](NC(=O)Nc1cc(C(F)(F)F)cc(C(F)(F)F)c1)C(C)(C)C. The first-order valence-electron chi connectivity index (χ1n) is 10.1. The van der Waals surface area contributed by atoms with E-state index in [4.69, 9.17) is 0 Å². The van der Waals surface area contributed by atoms with Crippen molar-refractivity contribution in [3.8, 4) is 0 Å². The second-order valence-electron chi connectivity index (χ2n) is 8.87. The molecule has 0 saturated heterocycles. The summed E-state index contributed by atoms with van der Waals surface area (Å²) < 4.78 is 78.4. The Bertz CT molecular complexity index is 982. The molecule has 0 bridgehead atoms. The van der Waals surface area contributed by atoms with Crippen molar-refractivity contribution in [2.75, 3.05) is 12.4 Å². The van der Waals surface area contributed by atoms with Gasteiger partial charge in [0.1, 0.15) is 6.04 Å². The zero-order valence-corrected chi connectivity index (χ0v) is 18.9. The number of hydrogen-bond acceptors (Lipinski definition) is 2. The minimum Gasteiger partial charge on any atom is -0.340 e. The molecule has 0 aliphatic carbocycles. The summed E-state index contributed by atoms with van der Waals surface area (Å²) in [6.45, 7) is 5.23. The number of urea groups is 1. The Morgan fingerprint density at radius 3 is 1.82 bits per heavy atom. The van der Waals surface area contributed by atoms with E-state index in [1.54, 1.807) is 32.9 Å². The van der Waals surface area contributed by atoms with Gasteiger partial charge in [-0.15, -0.1) is 0 Å². The van der Waals surface area contributed by atoms with Crippen LogP contribution in [0.2, 0.25) is 0 Å². The summed E-state index contributed by atoms with van der Waals surface area (Å²) in [5.41, 5.74) is -3.83. The molecule has 0 aliphatic rings. The lowest BCUT2D eigenvalue weighted by Gasteiger charge is -2.33. The van der Waals surface area contributed by atoms with Crippen molar-refractivity contribution in [3.63, 3.8) is 0 Å². The van der Waals surface area contributed by atoms with E-state index in [0.29, 0.717) is 12.1 Å². The predicted molar refractivity (Wildman–Crippen MR) is 115 cm³/mol. The van der Waals surface area contributed by atoms with Crippen molar-refractivity contribution in [1.29, 1.82) is 0 Å². The van der Waals surface area contributed by atoms with Gasteiger partial charge in [-0.25, -0.2) is 4.79 Å². The molecule has 0 saturated carbocycles. The van der Waals surface area contributed by atoms with Crippen molar-refractivity contribution in [2.45, 2.75) is 45.7 Å². The monoisotopic (exact) mass is 489 g/mol. The largest absolute Gasteiger partial charge is 0.416 e. The number of benzene rings is 2. The van der Waals surface area contributed by atoms with Crippen LogP contribution in [0.1, 0.15) is 37.5 Å². The molecule has 186 valence electrons.